The number of para-hydroxylation sites is 1. The smallest absolute Gasteiger partial charge is 0.233 e. The first-order valence-corrected chi connectivity index (χ1v) is 11.9. The van der Waals surface area contributed by atoms with Crippen molar-refractivity contribution in [2.45, 2.75) is 37.9 Å². The van der Waals surface area contributed by atoms with E-state index in [1.54, 1.807) is 0 Å². The maximum atomic E-state index is 13.2. The summed E-state index contributed by atoms with van der Waals surface area (Å²) < 4.78 is 13.4. The highest BCUT2D eigenvalue weighted by atomic mass is 32.2. The minimum Gasteiger partial charge on any atom is -0.486 e. The number of carbonyl (C=O) groups is 1. The van der Waals surface area contributed by atoms with Gasteiger partial charge in [-0.2, -0.15) is 0 Å². The summed E-state index contributed by atoms with van der Waals surface area (Å²) in [6.07, 6.45) is 1.95. The number of fused-ring (bicyclic) bond motifs is 1. The van der Waals surface area contributed by atoms with Crippen LogP contribution in [0.25, 0.3) is 5.69 Å². The number of rotatable bonds is 5. The fourth-order valence-corrected chi connectivity index (χ4v) is 5.29. The molecule has 32 heavy (non-hydrogen) atoms. The lowest BCUT2D eigenvalue weighted by Gasteiger charge is -2.26. The van der Waals surface area contributed by atoms with Crippen molar-refractivity contribution in [2.75, 3.05) is 25.5 Å². The Hall–Kier alpha value is -3.00. The van der Waals surface area contributed by atoms with E-state index in [0.29, 0.717) is 19.0 Å². The molecule has 1 atom stereocenters. The number of aromatic nitrogens is 3. The Kier molecular flexibility index (Phi) is 5.78. The molecule has 1 saturated heterocycles. The van der Waals surface area contributed by atoms with Crippen molar-refractivity contribution < 1.29 is 14.3 Å². The highest BCUT2D eigenvalue weighted by Crippen LogP contribution is 2.38. The minimum atomic E-state index is 0.0647. The highest BCUT2D eigenvalue weighted by Gasteiger charge is 2.31. The van der Waals surface area contributed by atoms with E-state index in [2.05, 4.69) is 35.3 Å². The van der Waals surface area contributed by atoms with Crippen LogP contribution < -0.4 is 9.47 Å². The number of nitrogens with zero attached hydrogens (tertiary/aromatic N) is 4. The molecule has 0 saturated carbocycles. The fraction of sp³-hybridized carbons (Fsp3) is 0.375. The molecule has 2 aliphatic rings. The standard InChI is InChI=1S/C24H26N4O3S/c1-16-6-3-4-7-19(16)28-17(2)25-26-24(28)32-15-23(29)27-11-5-8-20(27)18-9-10-21-22(14-18)31-13-12-30-21/h3-4,6-7,9-10,14,20H,5,8,11-13,15H2,1-2H3. The number of hydrogen-bond acceptors (Lipinski definition) is 6. The number of hydrogen-bond donors (Lipinski definition) is 0. The van der Waals surface area contributed by atoms with Gasteiger partial charge >= 0.3 is 0 Å². The van der Waals surface area contributed by atoms with Crippen LogP contribution in [-0.2, 0) is 4.79 Å². The molecular weight excluding hydrogens is 424 g/mol. The number of carbonyl (C=O) groups excluding carboxylic acids is 1. The van der Waals surface area contributed by atoms with Gasteiger partial charge in [-0.15, -0.1) is 10.2 Å². The van der Waals surface area contributed by atoms with Crippen LogP contribution in [0, 0.1) is 13.8 Å². The summed E-state index contributed by atoms with van der Waals surface area (Å²) in [6.45, 7) is 5.90. The summed E-state index contributed by atoms with van der Waals surface area (Å²) in [6, 6.07) is 14.2. The number of benzene rings is 2. The molecule has 1 aromatic heterocycles. The molecule has 8 heteroatoms. The van der Waals surface area contributed by atoms with Crippen LogP contribution in [0.4, 0.5) is 0 Å². The molecule has 3 aromatic rings. The zero-order chi connectivity index (χ0) is 22.1. The molecule has 0 spiro atoms. The highest BCUT2D eigenvalue weighted by molar-refractivity contribution is 7.99. The maximum Gasteiger partial charge on any atom is 0.233 e. The number of thioether (sulfide) groups is 1. The summed E-state index contributed by atoms with van der Waals surface area (Å²) in [5.41, 5.74) is 3.28. The second-order valence-electron chi connectivity index (χ2n) is 8.09. The first kappa shape index (κ1) is 20.9. The van der Waals surface area contributed by atoms with Crippen LogP contribution in [0.1, 0.15) is 35.8 Å². The monoisotopic (exact) mass is 450 g/mol. The zero-order valence-corrected chi connectivity index (χ0v) is 19.1. The predicted molar refractivity (Wildman–Crippen MR) is 123 cm³/mol. The van der Waals surface area contributed by atoms with Crippen molar-refractivity contribution in [1.82, 2.24) is 19.7 Å². The second kappa shape index (κ2) is 8.86. The van der Waals surface area contributed by atoms with Gasteiger partial charge in [0.2, 0.25) is 5.91 Å². The third-order valence-corrected chi connectivity index (χ3v) is 6.91. The van der Waals surface area contributed by atoms with E-state index in [-0.39, 0.29) is 11.9 Å². The Labute approximate surface area is 191 Å². The third kappa shape index (κ3) is 3.95. The van der Waals surface area contributed by atoms with Crippen molar-refractivity contribution in [3.05, 3.63) is 59.4 Å². The zero-order valence-electron chi connectivity index (χ0n) is 18.3. The first-order chi connectivity index (χ1) is 15.6. The van der Waals surface area contributed by atoms with Crippen molar-refractivity contribution in [2.24, 2.45) is 0 Å². The summed E-state index contributed by atoms with van der Waals surface area (Å²) in [5, 5.41) is 9.32. The van der Waals surface area contributed by atoms with Crippen LogP contribution in [-0.4, -0.2) is 51.1 Å². The minimum absolute atomic E-state index is 0.0647. The molecular formula is C24H26N4O3S. The Morgan fingerprint density at radius 3 is 2.75 bits per heavy atom. The van der Waals surface area contributed by atoms with Gasteiger partial charge in [-0.3, -0.25) is 9.36 Å². The molecule has 0 bridgehead atoms. The van der Waals surface area contributed by atoms with Crippen LogP contribution in [0.3, 0.4) is 0 Å². The van der Waals surface area contributed by atoms with E-state index in [1.807, 2.05) is 40.7 Å². The molecule has 0 aliphatic carbocycles. The van der Waals surface area contributed by atoms with Gasteiger partial charge in [0.05, 0.1) is 17.5 Å². The Morgan fingerprint density at radius 1 is 1.09 bits per heavy atom. The van der Waals surface area contributed by atoms with Crippen LogP contribution in [0.15, 0.2) is 47.6 Å². The normalized spacial score (nSPS) is 17.6. The Balaban J connectivity index is 1.31. The lowest BCUT2D eigenvalue weighted by molar-refractivity contribution is -0.129. The Bertz CT molecular complexity index is 1150. The van der Waals surface area contributed by atoms with Crippen LogP contribution in [0.5, 0.6) is 11.5 Å². The van der Waals surface area contributed by atoms with Gasteiger partial charge in [0.25, 0.3) is 0 Å². The molecule has 5 rings (SSSR count). The molecule has 0 radical (unpaired) electrons. The van der Waals surface area contributed by atoms with Crippen molar-refractivity contribution >= 4 is 17.7 Å². The summed E-state index contributed by atoms with van der Waals surface area (Å²) in [4.78, 5) is 15.2. The largest absolute Gasteiger partial charge is 0.486 e. The quantitative estimate of drug-likeness (QED) is 0.545. The van der Waals surface area contributed by atoms with Gasteiger partial charge in [0.15, 0.2) is 16.7 Å². The number of aryl methyl sites for hydroxylation is 2. The molecule has 0 N–H and O–H groups in total. The summed E-state index contributed by atoms with van der Waals surface area (Å²) >= 11 is 1.44. The maximum absolute atomic E-state index is 13.2. The average Bonchev–Trinajstić information content (AvgIpc) is 3.45. The summed E-state index contributed by atoms with van der Waals surface area (Å²) in [7, 11) is 0. The Morgan fingerprint density at radius 2 is 1.91 bits per heavy atom. The number of likely N-dealkylation sites (tertiary alicyclic amines) is 1. The van der Waals surface area contributed by atoms with E-state index in [1.165, 1.54) is 11.8 Å². The van der Waals surface area contributed by atoms with E-state index in [9.17, 15) is 4.79 Å². The van der Waals surface area contributed by atoms with Gasteiger partial charge in [-0.25, -0.2) is 0 Å². The van der Waals surface area contributed by atoms with Gasteiger partial charge in [-0.1, -0.05) is 36.0 Å². The lowest BCUT2D eigenvalue weighted by Crippen LogP contribution is -2.32. The average molecular weight is 451 g/mol. The number of amides is 1. The van der Waals surface area contributed by atoms with Gasteiger partial charge < -0.3 is 14.4 Å². The molecule has 2 aromatic carbocycles. The number of ether oxygens (including phenoxy) is 2. The first-order valence-electron chi connectivity index (χ1n) is 10.9. The van der Waals surface area contributed by atoms with Gasteiger partial charge in [0, 0.05) is 6.54 Å². The molecule has 1 unspecified atom stereocenters. The van der Waals surface area contributed by atoms with Gasteiger partial charge in [0.1, 0.15) is 19.0 Å². The fourth-order valence-electron chi connectivity index (χ4n) is 4.42. The third-order valence-electron chi connectivity index (χ3n) is 6.00. The van der Waals surface area contributed by atoms with Gasteiger partial charge in [-0.05, 0) is 56.0 Å². The molecule has 1 fully saturated rings. The molecule has 7 nitrogen and oxygen atoms in total. The topological polar surface area (TPSA) is 69.5 Å². The van der Waals surface area contributed by atoms with E-state index in [4.69, 9.17) is 9.47 Å². The van der Waals surface area contributed by atoms with Crippen LogP contribution in [0.2, 0.25) is 0 Å². The van der Waals surface area contributed by atoms with E-state index < -0.39 is 0 Å². The lowest BCUT2D eigenvalue weighted by atomic mass is 10.0. The van der Waals surface area contributed by atoms with Crippen molar-refractivity contribution in [1.29, 1.82) is 0 Å². The molecule has 2 aliphatic heterocycles. The van der Waals surface area contributed by atoms with E-state index in [0.717, 1.165) is 58.7 Å². The van der Waals surface area contributed by atoms with E-state index >= 15 is 0 Å². The van der Waals surface area contributed by atoms with Crippen molar-refractivity contribution in [3.63, 3.8) is 0 Å². The molecule has 166 valence electrons. The van der Waals surface area contributed by atoms with Crippen LogP contribution >= 0.6 is 11.8 Å². The predicted octanol–water partition coefficient (Wildman–Crippen LogP) is 4.11. The second-order valence-corrected chi connectivity index (χ2v) is 9.03. The van der Waals surface area contributed by atoms with Crippen molar-refractivity contribution in [3.8, 4) is 17.2 Å². The molecule has 1 amide bonds. The SMILES string of the molecule is Cc1ccccc1-n1c(C)nnc1SCC(=O)N1CCCC1c1ccc2c(c1)OCCO2. The molecule has 3 heterocycles. The summed E-state index contributed by atoms with van der Waals surface area (Å²) in [5.74, 6) is 2.79.